The number of benzene rings is 1. The smallest absolute Gasteiger partial charge is 0.0600 e. The lowest BCUT2D eigenvalue weighted by molar-refractivity contribution is 0.0489. The highest BCUT2D eigenvalue weighted by molar-refractivity contribution is 5.27. The second-order valence-electron chi connectivity index (χ2n) is 6.33. The molecule has 1 aliphatic heterocycles. The number of hydrogen-bond acceptors (Lipinski definition) is 2. The van der Waals surface area contributed by atoms with Gasteiger partial charge in [0.25, 0.3) is 0 Å². The molecule has 0 aliphatic carbocycles. The fourth-order valence-corrected chi connectivity index (χ4v) is 3.24. The fourth-order valence-electron chi connectivity index (χ4n) is 3.24. The third-order valence-corrected chi connectivity index (χ3v) is 4.72. The third-order valence-electron chi connectivity index (χ3n) is 4.72. The summed E-state index contributed by atoms with van der Waals surface area (Å²) in [6, 6.07) is 8.84. The van der Waals surface area contributed by atoms with E-state index in [1.54, 1.807) is 0 Å². The molecule has 106 valence electrons. The van der Waals surface area contributed by atoms with Crippen LogP contribution < -0.4 is 5.73 Å². The van der Waals surface area contributed by atoms with Gasteiger partial charge in [0.15, 0.2) is 0 Å². The molecule has 2 rings (SSSR count). The summed E-state index contributed by atoms with van der Waals surface area (Å²) in [6.07, 6.45) is 0.547. The number of nitrogens with two attached hydrogens (primary N) is 1. The summed E-state index contributed by atoms with van der Waals surface area (Å²) in [5.41, 5.74) is 9.09. The number of ether oxygens (including phenoxy) is 1. The maximum absolute atomic E-state index is 6.49. The Labute approximate surface area is 117 Å². The van der Waals surface area contributed by atoms with Gasteiger partial charge in [0.2, 0.25) is 0 Å². The molecule has 0 bridgehead atoms. The van der Waals surface area contributed by atoms with Gasteiger partial charge in [-0.15, -0.1) is 0 Å². The van der Waals surface area contributed by atoms with E-state index in [1.165, 1.54) is 11.1 Å². The van der Waals surface area contributed by atoms with Crippen molar-refractivity contribution in [2.45, 2.75) is 58.8 Å². The zero-order valence-corrected chi connectivity index (χ0v) is 12.8. The predicted octanol–water partition coefficient (Wildman–Crippen LogP) is 3.87. The summed E-state index contributed by atoms with van der Waals surface area (Å²) in [5.74, 6) is 1.48. The molecule has 1 heterocycles. The largest absolute Gasteiger partial charge is 0.375 e. The average molecular weight is 261 g/mol. The molecule has 1 aliphatic rings. The second-order valence-corrected chi connectivity index (χ2v) is 6.33. The highest BCUT2D eigenvalue weighted by Gasteiger charge is 2.40. The first-order valence-electron chi connectivity index (χ1n) is 7.42. The van der Waals surface area contributed by atoms with Gasteiger partial charge >= 0.3 is 0 Å². The van der Waals surface area contributed by atoms with Crippen molar-refractivity contribution in [2.75, 3.05) is 0 Å². The van der Waals surface area contributed by atoms with Gasteiger partial charge in [0.1, 0.15) is 0 Å². The highest BCUT2D eigenvalue weighted by atomic mass is 16.5. The van der Waals surface area contributed by atoms with E-state index in [1.807, 2.05) is 0 Å². The summed E-state index contributed by atoms with van der Waals surface area (Å²) >= 11 is 0. The topological polar surface area (TPSA) is 35.2 Å². The monoisotopic (exact) mass is 261 g/mol. The molecule has 0 spiro atoms. The van der Waals surface area contributed by atoms with Crippen LogP contribution in [0.25, 0.3) is 0 Å². The van der Waals surface area contributed by atoms with Crippen molar-refractivity contribution in [3.8, 4) is 0 Å². The molecule has 2 heteroatoms. The van der Waals surface area contributed by atoms with Crippen molar-refractivity contribution in [1.82, 2.24) is 0 Å². The van der Waals surface area contributed by atoms with Crippen molar-refractivity contribution < 1.29 is 4.74 Å². The molecule has 0 radical (unpaired) electrons. The number of rotatable bonds is 3. The Morgan fingerprint density at radius 3 is 1.89 bits per heavy atom. The molecule has 1 saturated heterocycles. The molecular formula is C17H27NO. The number of hydrogen-bond donors (Lipinski definition) is 1. The zero-order chi connectivity index (χ0) is 14.2. The van der Waals surface area contributed by atoms with Crippen LogP contribution in [0.4, 0.5) is 0 Å². The Morgan fingerprint density at radius 1 is 0.947 bits per heavy atom. The molecular weight excluding hydrogens is 234 g/mol. The first kappa shape index (κ1) is 14.5. The van der Waals surface area contributed by atoms with E-state index in [-0.39, 0.29) is 12.1 Å². The minimum absolute atomic E-state index is 0.0659. The summed E-state index contributed by atoms with van der Waals surface area (Å²) < 4.78 is 5.91. The van der Waals surface area contributed by atoms with Crippen molar-refractivity contribution in [3.63, 3.8) is 0 Å². The van der Waals surface area contributed by atoms with E-state index >= 15 is 0 Å². The van der Waals surface area contributed by atoms with Gasteiger partial charge in [-0.25, -0.2) is 0 Å². The Morgan fingerprint density at radius 2 is 1.47 bits per heavy atom. The first-order valence-corrected chi connectivity index (χ1v) is 7.42. The lowest BCUT2D eigenvalue weighted by Crippen LogP contribution is -2.30. The quantitative estimate of drug-likeness (QED) is 0.896. The lowest BCUT2D eigenvalue weighted by Gasteiger charge is -2.26. The molecule has 1 aromatic carbocycles. The molecule has 0 aromatic heterocycles. The Bertz CT molecular complexity index is 412. The van der Waals surface area contributed by atoms with E-state index in [0.29, 0.717) is 23.9 Å². The maximum atomic E-state index is 6.49. The normalized spacial score (nSPS) is 32.8. The van der Waals surface area contributed by atoms with E-state index in [9.17, 15) is 0 Å². The van der Waals surface area contributed by atoms with Gasteiger partial charge in [-0.05, 0) is 36.8 Å². The van der Waals surface area contributed by atoms with Crippen molar-refractivity contribution >= 4 is 0 Å². The summed E-state index contributed by atoms with van der Waals surface area (Å²) in [4.78, 5) is 0. The van der Waals surface area contributed by atoms with Gasteiger partial charge in [-0.2, -0.15) is 0 Å². The molecule has 2 N–H and O–H groups in total. The molecule has 2 nitrogen and oxygen atoms in total. The molecule has 0 amide bonds. The lowest BCUT2D eigenvalue weighted by atomic mass is 9.80. The van der Waals surface area contributed by atoms with Gasteiger partial charge in [-0.1, -0.05) is 45.0 Å². The van der Waals surface area contributed by atoms with E-state index in [4.69, 9.17) is 10.5 Å². The van der Waals surface area contributed by atoms with Crippen LogP contribution in [-0.4, -0.2) is 12.2 Å². The predicted molar refractivity (Wildman–Crippen MR) is 80.1 cm³/mol. The third kappa shape index (κ3) is 2.85. The second kappa shape index (κ2) is 5.64. The van der Waals surface area contributed by atoms with Crippen LogP contribution in [0.5, 0.6) is 0 Å². The van der Waals surface area contributed by atoms with Crippen LogP contribution in [0.15, 0.2) is 24.3 Å². The summed E-state index contributed by atoms with van der Waals surface area (Å²) in [6.45, 7) is 11.0. The van der Waals surface area contributed by atoms with Crippen LogP contribution in [0.3, 0.4) is 0 Å². The van der Waals surface area contributed by atoms with Crippen molar-refractivity contribution in [3.05, 3.63) is 35.4 Å². The first-order chi connectivity index (χ1) is 8.91. The van der Waals surface area contributed by atoms with Crippen LogP contribution in [0, 0.1) is 11.8 Å². The minimum atomic E-state index is 0.0659. The van der Waals surface area contributed by atoms with Crippen molar-refractivity contribution in [2.24, 2.45) is 17.6 Å². The van der Waals surface area contributed by atoms with Crippen LogP contribution in [0.2, 0.25) is 0 Å². The maximum Gasteiger partial charge on any atom is 0.0600 e. The molecule has 5 atom stereocenters. The van der Waals surface area contributed by atoms with Gasteiger partial charge in [0, 0.05) is 12.0 Å². The van der Waals surface area contributed by atoms with Gasteiger partial charge in [-0.3, -0.25) is 0 Å². The van der Waals surface area contributed by atoms with E-state index in [2.05, 4.69) is 58.9 Å². The fraction of sp³-hybridized carbons (Fsp3) is 0.647. The molecule has 5 unspecified atom stereocenters. The molecule has 19 heavy (non-hydrogen) atoms. The Balaban J connectivity index is 2.17. The van der Waals surface area contributed by atoms with Gasteiger partial charge < -0.3 is 10.5 Å². The van der Waals surface area contributed by atoms with E-state index in [0.717, 1.165) is 0 Å². The van der Waals surface area contributed by atoms with Crippen molar-refractivity contribution in [1.29, 1.82) is 0 Å². The molecule has 1 fully saturated rings. The molecule has 1 aromatic rings. The minimum Gasteiger partial charge on any atom is -0.375 e. The van der Waals surface area contributed by atoms with Crippen LogP contribution >= 0.6 is 0 Å². The average Bonchev–Trinajstić information content (AvgIpc) is 2.62. The Kier molecular flexibility index (Phi) is 4.32. The van der Waals surface area contributed by atoms with Crippen LogP contribution in [-0.2, 0) is 4.74 Å². The van der Waals surface area contributed by atoms with E-state index < -0.39 is 0 Å². The standard InChI is InChI=1S/C17H27NO/c1-10(2)14-6-8-15(9-7-14)17(18)16-11(3)12(4)19-13(16)5/h6-13,16-17H,18H2,1-5H3. The highest BCUT2D eigenvalue weighted by Crippen LogP contribution is 2.39. The van der Waals surface area contributed by atoms with Crippen LogP contribution in [0.1, 0.15) is 57.7 Å². The summed E-state index contributed by atoms with van der Waals surface area (Å²) in [5, 5.41) is 0. The zero-order valence-electron chi connectivity index (χ0n) is 12.8. The SMILES string of the molecule is CC(C)c1ccc(C(N)C2C(C)OC(C)C2C)cc1. The summed E-state index contributed by atoms with van der Waals surface area (Å²) in [7, 11) is 0. The van der Waals surface area contributed by atoms with Gasteiger partial charge in [0.05, 0.1) is 12.2 Å². The molecule has 0 saturated carbocycles. The Hall–Kier alpha value is -0.860.